The van der Waals surface area contributed by atoms with Crippen LogP contribution < -0.4 is 10.1 Å². The van der Waals surface area contributed by atoms with E-state index in [1.54, 1.807) is 19.2 Å². The molecule has 1 unspecified atom stereocenters. The topological polar surface area (TPSA) is 78.9 Å². The molecule has 2 amide bonds. The zero-order valence-electron chi connectivity index (χ0n) is 12.6. The molecule has 1 atom stereocenters. The quantitative estimate of drug-likeness (QED) is 0.895. The normalized spacial score (nSPS) is 18.0. The van der Waals surface area contributed by atoms with Crippen LogP contribution >= 0.6 is 11.6 Å². The Morgan fingerprint density at radius 2 is 2.18 bits per heavy atom. The summed E-state index contributed by atoms with van der Waals surface area (Å²) >= 11 is 6.13. The number of nitrogens with one attached hydrogen (secondary N) is 1. The molecule has 120 valence electrons. The second kappa shape index (κ2) is 6.87. The molecule has 22 heavy (non-hydrogen) atoms. The highest BCUT2D eigenvalue weighted by molar-refractivity contribution is 6.33. The summed E-state index contributed by atoms with van der Waals surface area (Å²) in [5.74, 6) is -0.727. The maximum atomic E-state index is 12.3. The van der Waals surface area contributed by atoms with Crippen molar-refractivity contribution < 1.29 is 19.4 Å². The minimum atomic E-state index is -0.865. The van der Waals surface area contributed by atoms with E-state index in [2.05, 4.69) is 5.32 Å². The van der Waals surface area contributed by atoms with Crippen LogP contribution in [0.2, 0.25) is 5.02 Å². The number of likely N-dealkylation sites (tertiary alicyclic amines) is 1. The van der Waals surface area contributed by atoms with E-state index in [9.17, 15) is 9.59 Å². The van der Waals surface area contributed by atoms with Gasteiger partial charge >= 0.3 is 12.0 Å². The number of carbonyl (C=O) groups is 2. The van der Waals surface area contributed by atoms with Crippen LogP contribution in [0.15, 0.2) is 12.1 Å². The Morgan fingerprint density at radius 3 is 2.82 bits per heavy atom. The predicted molar refractivity (Wildman–Crippen MR) is 83.7 cm³/mol. The highest BCUT2D eigenvalue weighted by Gasteiger charge is 2.28. The number of carboxylic acid groups (broad SMARTS) is 1. The number of halogens is 1. The number of rotatable bonds is 3. The van der Waals surface area contributed by atoms with Crippen molar-refractivity contribution in [3.63, 3.8) is 0 Å². The highest BCUT2D eigenvalue weighted by atomic mass is 35.5. The molecule has 0 aliphatic carbocycles. The molecule has 2 rings (SSSR count). The van der Waals surface area contributed by atoms with Crippen molar-refractivity contribution in [3.05, 3.63) is 22.7 Å². The fourth-order valence-electron chi connectivity index (χ4n) is 2.54. The predicted octanol–water partition coefficient (Wildman–Crippen LogP) is 2.99. The Kier molecular flexibility index (Phi) is 5.13. The summed E-state index contributed by atoms with van der Waals surface area (Å²) in [6, 6.07) is 3.04. The van der Waals surface area contributed by atoms with Gasteiger partial charge in [0.25, 0.3) is 0 Å². The molecule has 2 N–H and O–H groups in total. The summed E-state index contributed by atoms with van der Waals surface area (Å²) in [6.07, 6.45) is 1.28. The highest BCUT2D eigenvalue weighted by Crippen LogP contribution is 2.30. The first-order valence-electron chi connectivity index (χ1n) is 7.05. The van der Waals surface area contributed by atoms with Crippen LogP contribution in [0.5, 0.6) is 5.75 Å². The van der Waals surface area contributed by atoms with Gasteiger partial charge in [0.15, 0.2) is 0 Å². The number of benzene rings is 1. The Morgan fingerprint density at radius 1 is 1.45 bits per heavy atom. The van der Waals surface area contributed by atoms with Crippen molar-refractivity contribution in [2.45, 2.75) is 19.8 Å². The fourth-order valence-corrected chi connectivity index (χ4v) is 2.74. The molecule has 0 saturated carbocycles. The van der Waals surface area contributed by atoms with Crippen LogP contribution in [0.1, 0.15) is 18.4 Å². The molecule has 1 saturated heterocycles. The van der Waals surface area contributed by atoms with Gasteiger partial charge in [-0.2, -0.15) is 0 Å². The molecular weight excluding hydrogens is 308 g/mol. The van der Waals surface area contributed by atoms with E-state index in [1.165, 1.54) is 4.90 Å². The first kappa shape index (κ1) is 16.4. The van der Waals surface area contributed by atoms with E-state index in [4.69, 9.17) is 21.4 Å². The third-order valence-electron chi connectivity index (χ3n) is 3.78. The standard InChI is InChI=1S/C15H19ClN2O4/c1-9-6-12(11(16)7-13(9)22-2)17-15(21)18-5-3-4-10(8-18)14(19)20/h6-7,10H,3-5,8H2,1-2H3,(H,17,21)(H,19,20). The van der Waals surface area contributed by atoms with Crippen LogP contribution in [0.25, 0.3) is 0 Å². The van der Waals surface area contributed by atoms with Crippen molar-refractivity contribution in [1.29, 1.82) is 0 Å². The Hall–Kier alpha value is -1.95. The number of hydrogen-bond acceptors (Lipinski definition) is 3. The van der Waals surface area contributed by atoms with Crippen molar-refractivity contribution in [1.82, 2.24) is 4.90 Å². The number of urea groups is 1. The van der Waals surface area contributed by atoms with Crippen molar-refractivity contribution >= 4 is 29.3 Å². The van der Waals surface area contributed by atoms with Gasteiger partial charge in [0.2, 0.25) is 0 Å². The van der Waals surface area contributed by atoms with Gasteiger partial charge in [0.05, 0.1) is 23.7 Å². The number of carbonyl (C=O) groups excluding carboxylic acids is 1. The lowest BCUT2D eigenvalue weighted by molar-refractivity contribution is -0.143. The maximum absolute atomic E-state index is 12.3. The molecule has 1 aliphatic heterocycles. The first-order valence-corrected chi connectivity index (χ1v) is 7.43. The number of nitrogens with zero attached hydrogens (tertiary/aromatic N) is 1. The summed E-state index contributed by atoms with van der Waals surface area (Å²) in [6.45, 7) is 2.61. The second-order valence-electron chi connectivity index (χ2n) is 5.36. The molecule has 0 aromatic heterocycles. The molecule has 1 aliphatic rings. The Balaban J connectivity index is 2.08. The van der Waals surface area contributed by atoms with Gasteiger partial charge in [-0.05, 0) is 31.4 Å². The monoisotopic (exact) mass is 326 g/mol. The maximum Gasteiger partial charge on any atom is 0.321 e. The molecule has 1 aromatic rings. The van der Waals surface area contributed by atoms with Crippen molar-refractivity contribution in [2.24, 2.45) is 5.92 Å². The number of carboxylic acids is 1. The smallest absolute Gasteiger partial charge is 0.321 e. The van der Waals surface area contributed by atoms with Gasteiger partial charge in [0, 0.05) is 19.2 Å². The average molecular weight is 327 g/mol. The molecule has 6 nitrogen and oxygen atoms in total. The number of methoxy groups -OCH3 is 1. The lowest BCUT2D eigenvalue weighted by Gasteiger charge is -2.30. The number of anilines is 1. The van der Waals surface area contributed by atoms with E-state index in [0.717, 1.165) is 5.56 Å². The zero-order valence-corrected chi connectivity index (χ0v) is 13.3. The SMILES string of the molecule is COc1cc(Cl)c(NC(=O)N2CCCC(C(=O)O)C2)cc1C. The zero-order chi connectivity index (χ0) is 16.3. The molecule has 0 spiro atoms. The van der Waals surface area contributed by atoms with Crippen LogP contribution in [0, 0.1) is 12.8 Å². The lowest BCUT2D eigenvalue weighted by atomic mass is 9.99. The van der Waals surface area contributed by atoms with E-state index < -0.39 is 11.9 Å². The minimum absolute atomic E-state index is 0.216. The molecule has 0 bridgehead atoms. The van der Waals surface area contributed by atoms with E-state index in [1.807, 2.05) is 6.92 Å². The molecule has 1 heterocycles. The number of aryl methyl sites for hydroxylation is 1. The summed E-state index contributed by atoms with van der Waals surface area (Å²) in [7, 11) is 1.55. The summed E-state index contributed by atoms with van der Waals surface area (Å²) in [4.78, 5) is 24.9. The lowest BCUT2D eigenvalue weighted by Crippen LogP contribution is -2.44. The number of amides is 2. The van der Waals surface area contributed by atoms with Crippen LogP contribution in [-0.4, -0.2) is 42.2 Å². The van der Waals surface area contributed by atoms with Crippen LogP contribution in [-0.2, 0) is 4.79 Å². The van der Waals surface area contributed by atoms with Crippen molar-refractivity contribution in [2.75, 3.05) is 25.5 Å². The largest absolute Gasteiger partial charge is 0.496 e. The fraction of sp³-hybridized carbons (Fsp3) is 0.467. The molecule has 1 fully saturated rings. The first-order chi connectivity index (χ1) is 10.4. The number of aliphatic carboxylic acids is 1. The molecular formula is C15H19ClN2O4. The Labute approximate surface area is 134 Å². The van der Waals surface area contributed by atoms with Gasteiger partial charge in [-0.15, -0.1) is 0 Å². The van der Waals surface area contributed by atoms with Crippen LogP contribution in [0.4, 0.5) is 10.5 Å². The average Bonchev–Trinajstić information content (AvgIpc) is 2.50. The number of piperidine rings is 1. The summed E-state index contributed by atoms with van der Waals surface area (Å²) < 4.78 is 5.17. The second-order valence-corrected chi connectivity index (χ2v) is 5.76. The van der Waals surface area contributed by atoms with Gasteiger partial charge < -0.3 is 20.1 Å². The molecule has 0 radical (unpaired) electrons. The molecule has 1 aromatic carbocycles. The van der Waals surface area contributed by atoms with Crippen LogP contribution in [0.3, 0.4) is 0 Å². The van der Waals surface area contributed by atoms with Gasteiger partial charge in [-0.3, -0.25) is 4.79 Å². The van der Waals surface area contributed by atoms with Gasteiger partial charge in [0.1, 0.15) is 5.75 Å². The van der Waals surface area contributed by atoms with Gasteiger partial charge in [-0.25, -0.2) is 4.79 Å². The number of ether oxygens (including phenoxy) is 1. The van der Waals surface area contributed by atoms with E-state index in [0.29, 0.717) is 35.8 Å². The minimum Gasteiger partial charge on any atom is -0.496 e. The van der Waals surface area contributed by atoms with E-state index in [-0.39, 0.29) is 12.6 Å². The third kappa shape index (κ3) is 3.62. The van der Waals surface area contributed by atoms with Gasteiger partial charge in [-0.1, -0.05) is 11.6 Å². The third-order valence-corrected chi connectivity index (χ3v) is 4.10. The molecule has 7 heteroatoms. The number of hydrogen-bond donors (Lipinski definition) is 2. The Bertz CT molecular complexity index is 591. The summed E-state index contributed by atoms with van der Waals surface area (Å²) in [5, 5.41) is 12.2. The van der Waals surface area contributed by atoms with Crippen molar-refractivity contribution in [3.8, 4) is 5.75 Å². The van der Waals surface area contributed by atoms with E-state index >= 15 is 0 Å². The summed E-state index contributed by atoms with van der Waals surface area (Å²) in [5.41, 5.74) is 1.34.